The molecule has 1 aromatic carbocycles. The number of likely N-dealkylation sites (tertiary alicyclic amines) is 1. The van der Waals surface area contributed by atoms with Crippen LogP contribution in [-0.4, -0.2) is 63.7 Å². The molecule has 0 bridgehead atoms. The Labute approximate surface area is 235 Å². The fourth-order valence-electron chi connectivity index (χ4n) is 6.59. The number of fused-ring (bicyclic) bond motifs is 2. The summed E-state index contributed by atoms with van der Waals surface area (Å²) in [5.74, 6) is -1.31. The standard InChI is InChI=1S/C30H31N5O4S/c31-15-20-16-34(17-22(20)18-11-12-32-27(36)14-18)30(39)24-10-9-21-6-2-3-7-23(29(38)35(21)24)33-28(37)26-13-19-5-1-4-8-25(19)40-26/h1,4-5,8,11-14,20-24H,2-3,6-7,9-10,16-17H2,(H,32,36)(H,33,37)/t20-,21+,22+,23+,24+/m1/s1. The number of aromatic nitrogens is 1. The average molecular weight is 558 g/mol. The van der Waals surface area contributed by atoms with Gasteiger partial charge in [0.1, 0.15) is 12.1 Å². The maximum absolute atomic E-state index is 13.9. The molecule has 5 heterocycles. The van der Waals surface area contributed by atoms with E-state index in [0.29, 0.717) is 24.3 Å². The molecule has 10 heteroatoms. The molecule has 0 radical (unpaired) electrons. The molecule has 0 spiro atoms. The number of pyridine rings is 1. The zero-order valence-electron chi connectivity index (χ0n) is 22.0. The Hall–Kier alpha value is -3.97. The van der Waals surface area contributed by atoms with Crippen LogP contribution in [0.25, 0.3) is 10.1 Å². The number of amides is 3. The number of aromatic amines is 1. The molecule has 3 aliphatic rings. The van der Waals surface area contributed by atoms with E-state index in [1.54, 1.807) is 22.1 Å². The third kappa shape index (κ3) is 4.90. The van der Waals surface area contributed by atoms with Gasteiger partial charge in [0.15, 0.2) is 0 Å². The molecule has 3 aromatic rings. The molecule has 3 saturated heterocycles. The number of H-pyrrole nitrogens is 1. The van der Waals surface area contributed by atoms with E-state index in [9.17, 15) is 24.4 Å². The molecule has 6 rings (SSSR count). The summed E-state index contributed by atoms with van der Waals surface area (Å²) in [6.45, 7) is 0.595. The van der Waals surface area contributed by atoms with Gasteiger partial charge in [0.05, 0.1) is 16.9 Å². The third-order valence-corrected chi connectivity index (χ3v) is 9.71. The molecular weight excluding hydrogens is 526 g/mol. The van der Waals surface area contributed by atoms with Gasteiger partial charge in [0, 0.05) is 42.0 Å². The summed E-state index contributed by atoms with van der Waals surface area (Å²) in [6, 6.07) is 13.9. The highest BCUT2D eigenvalue weighted by Crippen LogP contribution is 2.36. The van der Waals surface area contributed by atoms with E-state index in [2.05, 4.69) is 16.4 Å². The number of carbonyl (C=O) groups excluding carboxylic acids is 3. The van der Waals surface area contributed by atoms with Crippen molar-refractivity contribution in [2.24, 2.45) is 5.92 Å². The number of rotatable bonds is 4. The number of thiophene rings is 1. The van der Waals surface area contributed by atoms with Gasteiger partial charge >= 0.3 is 0 Å². The van der Waals surface area contributed by atoms with Gasteiger partial charge in [-0.1, -0.05) is 31.0 Å². The number of hydrogen-bond acceptors (Lipinski definition) is 6. The molecule has 206 valence electrons. The molecule has 9 nitrogen and oxygen atoms in total. The first-order valence-electron chi connectivity index (χ1n) is 13.9. The van der Waals surface area contributed by atoms with Crippen molar-refractivity contribution in [2.45, 2.75) is 62.6 Å². The first-order valence-corrected chi connectivity index (χ1v) is 14.7. The predicted molar refractivity (Wildman–Crippen MR) is 151 cm³/mol. The lowest BCUT2D eigenvalue weighted by molar-refractivity contribution is -0.146. The molecule has 3 amide bonds. The van der Waals surface area contributed by atoms with Gasteiger partial charge in [-0.25, -0.2) is 0 Å². The molecule has 2 N–H and O–H groups in total. The van der Waals surface area contributed by atoms with Crippen LogP contribution >= 0.6 is 11.3 Å². The summed E-state index contributed by atoms with van der Waals surface area (Å²) in [6.07, 6.45) is 5.99. The number of nitriles is 1. The monoisotopic (exact) mass is 557 g/mol. The highest BCUT2D eigenvalue weighted by atomic mass is 32.1. The van der Waals surface area contributed by atoms with Crippen molar-refractivity contribution in [3.05, 3.63) is 69.5 Å². The highest BCUT2D eigenvalue weighted by Gasteiger charge is 2.47. The fourth-order valence-corrected chi connectivity index (χ4v) is 7.55. The summed E-state index contributed by atoms with van der Waals surface area (Å²) in [5, 5.41) is 13.8. The molecule has 3 fully saturated rings. The molecule has 3 aliphatic heterocycles. The van der Waals surface area contributed by atoms with Crippen molar-refractivity contribution in [2.75, 3.05) is 13.1 Å². The number of nitrogens with zero attached hydrogens (tertiary/aromatic N) is 3. The van der Waals surface area contributed by atoms with E-state index in [4.69, 9.17) is 0 Å². The Balaban J connectivity index is 1.20. The summed E-state index contributed by atoms with van der Waals surface area (Å²) >= 11 is 1.40. The maximum Gasteiger partial charge on any atom is 0.262 e. The Bertz CT molecular complexity index is 1520. The summed E-state index contributed by atoms with van der Waals surface area (Å²) in [7, 11) is 0. The lowest BCUT2D eigenvalue weighted by Gasteiger charge is -2.36. The van der Waals surface area contributed by atoms with E-state index in [1.807, 2.05) is 30.3 Å². The normalized spacial score (nSPS) is 26.7. The smallest absolute Gasteiger partial charge is 0.262 e. The van der Waals surface area contributed by atoms with Crippen molar-refractivity contribution in [3.8, 4) is 6.07 Å². The number of carbonyl (C=O) groups is 3. The van der Waals surface area contributed by atoms with Crippen molar-refractivity contribution < 1.29 is 14.4 Å². The lowest BCUT2D eigenvalue weighted by atomic mass is 9.91. The van der Waals surface area contributed by atoms with Crippen LogP contribution < -0.4 is 10.9 Å². The van der Waals surface area contributed by atoms with Gasteiger partial charge in [-0.3, -0.25) is 19.2 Å². The highest BCUT2D eigenvalue weighted by molar-refractivity contribution is 7.20. The maximum atomic E-state index is 13.9. The van der Waals surface area contributed by atoms with Gasteiger partial charge in [0.25, 0.3) is 5.91 Å². The summed E-state index contributed by atoms with van der Waals surface area (Å²) in [5.41, 5.74) is 0.494. The van der Waals surface area contributed by atoms with Crippen LogP contribution in [0.1, 0.15) is 59.7 Å². The molecule has 0 aliphatic carbocycles. The largest absolute Gasteiger partial charge is 0.340 e. The Morgan fingerprint density at radius 1 is 1.02 bits per heavy atom. The second-order valence-electron chi connectivity index (χ2n) is 11.0. The van der Waals surface area contributed by atoms with Gasteiger partial charge < -0.3 is 20.1 Å². The van der Waals surface area contributed by atoms with E-state index in [1.165, 1.54) is 17.4 Å². The molecule has 2 aromatic heterocycles. The molecular formula is C30H31N5O4S. The minimum absolute atomic E-state index is 0.0386. The van der Waals surface area contributed by atoms with Gasteiger partial charge in [-0.2, -0.15) is 5.26 Å². The number of benzene rings is 1. The Morgan fingerprint density at radius 3 is 2.65 bits per heavy atom. The quantitative estimate of drug-likeness (QED) is 0.509. The van der Waals surface area contributed by atoms with Crippen molar-refractivity contribution in [1.82, 2.24) is 20.1 Å². The van der Waals surface area contributed by atoms with Crippen LogP contribution in [0.3, 0.4) is 0 Å². The molecule has 5 atom stereocenters. The Kier molecular flexibility index (Phi) is 7.15. The Morgan fingerprint density at radius 2 is 1.85 bits per heavy atom. The zero-order chi connectivity index (χ0) is 27.8. The summed E-state index contributed by atoms with van der Waals surface area (Å²) < 4.78 is 1.02. The molecule has 0 saturated carbocycles. The fraction of sp³-hybridized carbons (Fsp3) is 0.433. The van der Waals surface area contributed by atoms with Crippen molar-refractivity contribution >= 4 is 39.1 Å². The van der Waals surface area contributed by atoms with Crippen molar-refractivity contribution in [3.63, 3.8) is 0 Å². The van der Waals surface area contributed by atoms with Crippen LogP contribution in [0.2, 0.25) is 0 Å². The SMILES string of the molecule is N#C[C@@H]1CN(C(=O)[C@@H]2CC[C@@H]3CCCC[C@H](NC(=O)c4cc5ccccc5s4)C(=O)N32)C[C@H]1c1cc[nH]c(=O)c1. The predicted octanol–water partition coefficient (Wildman–Crippen LogP) is 3.39. The molecule has 40 heavy (non-hydrogen) atoms. The van der Waals surface area contributed by atoms with Crippen LogP contribution in [0.15, 0.2) is 53.5 Å². The summed E-state index contributed by atoms with van der Waals surface area (Å²) in [4.78, 5) is 59.5. The first kappa shape index (κ1) is 26.3. The second kappa shape index (κ2) is 10.9. The number of nitrogens with one attached hydrogen (secondary N) is 2. The van der Waals surface area contributed by atoms with Crippen molar-refractivity contribution in [1.29, 1.82) is 5.26 Å². The van der Waals surface area contributed by atoms with Crippen LogP contribution in [0, 0.1) is 17.2 Å². The van der Waals surface area contributed by atoms with E-state index in [0.717, 1.165) is 41.3 Å². The minimum atomic E-state index is -0.692. The van der Waals surface area contributed by atoms with E-state index < -0.39 is 18.0 Å². The van der Waals surface area contributed by atoms with E-state index >= 15 is 0 Å². The van der Waals surface area contributed by atoms with Crippen LogP contribution in [-0.2, 0) is 9.59 Å². The van der Waals surface area contributed by atoms with Crippen LogP contribution in [0.5, 0.6) is 0 Å². The van der Waals surface area contributed by atoms with E-state index in [-0.39, 0.29) is 41.8 Å². The van der Waals surface area contributed by atoms with Gasteiger partial charge in [-0.05, 0) is 54.8 Å². The molecule has 0 unspecified atom stereocenters. The third-order valence-electron chi connectivity index (χ3n) is 8.60. The topological polar surface area (TPSA) is 126 Å². The average Bonchev–Trinajstić information content (AvgIpc) is 3.69. The van der Waals surface area contributed by atoms with Gasteiger partial charge in [-0.15, -0.1) is 11.3 Å². The zero-order valence-corrected chi connectivity index (χ0v) is 22.9. The number of hydrogen-bond donors (Lipinski definition) is 2. The lowest BCUT2D eigenvalue weighted by Crippen LogP contribution is -2.56. The minimum Gasteiger partial charge on any atom is -0.340 e. The van der Waals surface area contributed by atoms with Gasteiger partial charge in [0.2, 0.25) is 17.4 Å². The second-order valence-corrected chi connectivity index (χ2v) is 12.1. The first-order chi connectivity index (χ1) is 19.4. The van der Waals surface area contributed by atoms with Crippen LogP contribution in [0.4, 0.5) is 0 Å².